The maximum absolute atomic E-state index is 12.9. The first-order valence-corrected chi connectivity index (χ1v) is 12.2. The number of nitrogens with one attached hydrogen (secondary N) is 1. The summed E-state index contributed by atoms with van der Waals surface area (Å²) >= 11 is 0. The Morgan fingerprint density at radius 2 is 1.88 bits per heavy atom. The Bertz CT molecular complexity index is 1020. The Morgan fingerprint density at radius 3 is 2.48 bits per heavy atom. The van der Waals surface area contributed by atoms with Crippen molar-refractivity contribution in [2.45, 2.75) is 90.5 Å². The standard InChI is InChI=1S/C26H36N4O3/c1-15(2)9-18-11-19(12-18)25-28-29-26(30(25)21-6-7-21)20(14-24(32)33)13-23(31)27-22-8-5-16(3)10-17(22)4/h5,8,10,15,18-21H,6-7,9,11-14H2,1-4H3,(H,27,31)(H,32,33)/t18-,19+,20-/m1/s1. The van der Waals surface area contributed by atoms with Gasteiger partial charge < -0.3 is 15.0 Å². The van der Waals surface area contributed by atoms with Crippen LogP contribution in [0.25, 0.3) is 0 Å². The van der Waals surface area contributed by atoms with Crippen LogP contribution in [0.3, 0.4) is 0 Å². The molecule has 0 radical (unpaired) electrons. The van der Waals surface area contributed by atoms with Gasteiger partial charge in [-0.25, -0.2) is 0 Å². The number of carboxylic acid groups (broad SMARTS) is 1. The van der Waals surface area contributed by atoms with E-state index < -0.39 is 11.9 Å². The number of nitrogens with zero attached hydrogens (tertiary/aromatic N) is 3. The monoisotopic (exact) mass is 452 g/mol. The summed E-state index contributed by atoms with van der Waals surface area (Å²) < 4.78 is 2.19. The van der Waals surface area contributed by atoms with Gasteiger partial charge in [-0.3, -0.25) is 9.59 Å². The molecule has 1 amide bonds. The molecule has 2 aliphatic carbocycles. The van der Waals surface area contributed by atoms with E-state index in [9.17, 15) is 14.7 Å². The number of benzene rings is 1. The van der Waals surface area contributed by atoms with E-state index in [1.807, 2.05) is 32.0 Å². The lowest BCUT2D eigenvalue weighted by atomic mass is 9.71. The van der Waals surface area contributed by atoms with Crippen LogP contribution in [-0.4, -0.2) is 31.7 Å². The van der Waals surface area contributed by atoms with Crippen molar-refractivity contribution in [1.29, 1.82) is 0 Å². The molecule has 7 nitrogen and oxygen atoms in total. The second-order valence-electron chi connectivity index (χ2n) is 10.5. The van der Waals surface area contributed by atoms with Gasteiger partial charge in [0.05, 0.1) is 6.42 Å². The van der Waals surface area contributed by atoms with E-state index in [-0.39, 0.29) is 18.7 Å². The number of carbonyl (C=O) groups excluding carboxylic acids is 1. The van der Waals surface area contributed by atoms with Crippen molar-refractivity contribution in [1.82, 2.24) is 14.8 Å². The van der Waals surface area contributed by atoms with E-state index >= 15 is 0 Å². The van der Waals surface area contributed by atoms with Crippen LogP contribution in [0, 0.1) is 25.7 Å². The van der Waals surface area contributed by atoms with Gasteiger partial charge in [-0.2, -0.15) is 0 Å². The van der Waals surface area contributed by atoms with Gasteiger partial charge in [-0.05, 0) is 69.4 Å². The van der Waals surface area contributed by atoms with E-state index in [1.165, 1.54) is 6.42 Å². The topological polar surface area (TPSA) is 97.1 Å². The van der Waals surface area contributed by atoms with Crippen molar-refractivity contribution in [2.75, 3.05) is 5.32 Å². The predicted octanol–water partition coefficient (Wildman–Crippen LogP) is 5.36. The van der Waals surface area contributed by atoms with Crippen LogP contribution in [0.5, 0.6) is 0 Å². The molecule has 33 heavy (non-hydrogen) atoms. The van der Waals surface area contributed by atoms with Gasteiger partial charge in [-0.1, -0.05) is 31.5 Å². The molecular formula is C26H36N4O3. The molecule has 2 saturated carbocycles. The van der Waals surface area contributed by atoms with Gasteiger partial charge in [0.25, 0.3) is 0 Å². The van der Waals surface area contributed by atoms with Crippen LogP contribution in [0.1, 0.15) is 99.4 Å². The van der Waals surface area contributed by atoms with Gasteiger partial charge in [0.2, 0.25) is 5.91 Å². The fourth-order valence-corrected chi connectivity index (χ4v) is 5.23. The summed E-state index contributed by atoms with van der Waals surface area (Å²) in [5.41, 5.74) is 2.88. The van der Waals surface area contributed by atoms with E-state index in [0.717, 1.165) is 54.2 Å². The second kappa shape index (κ2) is 9.65. The van der Waals surface area contributed by atoms with Crippen LogP contribution in [0.2, 0.25) is 0 Å². The van der Waals surface area contributed by atoms with Crippen LogP contribution in [0.4, 0.5) is 5.69 Å². The number of rotatable bonds is 10. The van der Waals surface area contributed by atoms with Gasteiger partial charge >= 0.3 is 5.97 Å². The fourth-order valence-electron chi connectivity index (χ4n) is 5.23. The molecule has 0 bridgehead atoms. The highest BCUT2D eigenvalue weighted by molar-refractivity contribution is 5.92. The molecule has 0 spiro atoms. The predicted molar refractivity (Wildman–Crippen MR) is 127 cm³/mol. The number of aryl methyl sites for hydroxylation is 2. The third-order valence-electron chi connectivity index (χ3n) is 6.94. The highest BCUT2D eigenvalue weighted by Crippen LogP contribution is 2.48. The Balaban J connectivity index is 1.52. The number of aliphatic carboxylic acids is 1. The highest BCUT2D eigenvalue weighted by Gasteiger charge is 2.40. The number of aromatic nitrogens is 3. The molecule has 0 unspecified atom stereocenters. The summed E-state index contributed by atoms with van der Waals surface area (Å²) in [5.74, 6) is 1.87. The fraction of sp³-hybridized carbons (Fsp3) is 0.615. The number of hydrogen-bond donors (Lipinski definition) is 2. The zero-order valence-electron chi connectivity index (χ0n) is 20.2. The highest BCUT2D eigenvalue weighted by atomic mass is 16.4. The number of carboxylic acids is 1. The number of carbonyl (C=O) groups is 2. The molecule has 178 valence electrons. The summed E-state index contributed by atoms with van der Waals surface area (Å²) in [6, 6.07) is 6.21. The molecule has 0 aliphatic heterocycles. The van der Waals surface area contributed by atoms with Crippen molar-refractivity contribution in [3.63, 3.8) is 0 Å². The van der Waals surface area contributed by atoms with Crippen LogP contribution >= 0.6 is 0 Å². The lowest BCUT2D eigenvalue weighted by Gasteiger charge is -2.36. The minimum Gasteiger partial charge on any atom is -0.481 e. The van der Waals surface area contributed by atoms with Crippen LogP contribution in [0.15, 0.2) is 18.2 Å². The lowest BCUT2D eigenvalue weighted by Crippen LogP contribution is -2.27. The first-order chi connectivity index (χ1) is 15.7. The molecule has 2 N–H and O–H groups in total. The van der Waals surface area contributed by atoms with Crippen LogP contribution in [-0.2, 0) is 9.59 Å². The average Bonchev–Trinajstić information content (AvgIpc) is 3.44. The normalized spacial score (nSPS) is 21.0. The summed E-state index contributed by atoms with van der Waals surface area (Å²) in [6.07, 6.45) is 5.56. The Labute approximate surface area is 196 Å². The minimum atomic E-state index is -0.924. The quantitative estimate of drug-likeness (QED) is 0.506. The molecule has 1 aromatic heterocycles. The molecule has 1 aromatic carbocycles. The SMILES string of the molecule is Cc1ccc(NC(=O)C[C@H](CC(=O)O)c2nnc([C@H]3C[C@@H](CC(C)C)C3)n2C2CC2)c(C)c1. The molecule has 1 atom stereocenters. The zero-order valence-corrected chi connectivity index (χ0v) is 20.2. The molecule has 7 heteroatoms. The first-order valence-electron chi connectivity index (χ1n) is 12.2. The van der Waals surface area contributed by atoms with Gasteiger partial charge in [0.15, 0.2) is 0 Å². The van der Waals surface area contributed by atoms with Crippen molar-refractivity contribution >= 4 is 17.6 Å². The molecule has 2 fully saturated rings. The van der Waals surface area contributed by atoms with Crippen molar-refractivity contribution in [3.05, 3.63) is 41.0 Å². The maximum Gasteiger partial charge on any atom is 0.304 e. The average molecular weight is 453 g/mol. The number of anilines is 1. The molecular weight excluding hydrogens is 416 g/mol. The maximum atomic E-state index is 12.9. The largest absolute Gasteiger partial charge is 0.481 e. The molecule has 2 aliphatic rings. The zero-order chi connectivity index (χ0) is 23.7. The number of hydrogen-bond acceptors (Lipinski definition) is 4. The summed E-state index contributed by atoms with van der Waals surface area (Å²) in [7, 11) is 0. The second-order valence-corrected chi connectivity index (χ2v) is 10.5. The van der Waals surface area contributed by atoms with E-state index in [4.69, 9.17) is 0 Å². The van der Waals surface area contributed by atoms with Gasteiger partial charge in [-0.15, -0.1) is 10.2 Å². The first kappa shape index (κ1) is 23.5. The van der Waals surface area contributed by atoms with Gasteiger partial charge in [0, 0.05) is 30.0 Å². The summed E-state index contributed by atoms with van der Waals surface area (Å²) in [6.45, 7) is 8.49. The molecule has 1 heterocycles. The Kier molecular flexibility index (Phi) is 6.86. The summed E-state index contributed by atoms with van der Waals surface area (Å²) in [5, 5.41) is 21.6. The van der Waals surface area contributed by atoms with E-state index in [1.54, 1.807) is 0 Å². The molecule has 0 saturated heterocycles. The molecule has 2 aromatic rings. The van der Waals surface area contributed by atoms with Crippen LogP contribution < -0.4 is 5.32 Å². The third-order valence-corrected chi connectivity index (χ3v) is 6.94. The van der Waals surface area contributed by atoms with E-state index in [2.05, 4.69) is 33.9 Å². The van der Waals surface area contributed by atoms with Crippen molar-refractivity contribution < 1.29 is 14.7 Å². The smallest absolute Gasteiger partial charge is 0.304 e. The molecule has 4 rings (SSSR count). The lowest BCUT2D eigenvalue weighted by molar-refractivity contribution is -0.137. The van der Waals surface area contributed by atoms with Crippen molar-refractivity contribution in [2.24, 2.45) is 11.8 Å². The third kappa shape index (κ3) is 5.63. The minimum absolute atomic E-state index is 0.0745. The van der Waals surface area contributed by atoms with Crippen molar-refractivity contribution in [3.8, 4) is 0 Å². The Hall–Kier alpha value is -2.70. The van der Waals surface area contributed by atoms with E-state index in [0.29, 0.717) is 23.7 Å². The number of amides is 1. The van der Waals surface area contributed by atoms with Gasteiger partial charge in [0.1, 0.15) is 11.6 Å². The Morgan fingerprint density at radius 1 is 1.15 bits per heavy atom. The summed E-state index contributed by atoms with van der Waals surface area (Å²) in [4.78, 5) is 24.6.